The number of benzene rings is 2. The summed E-state index contributed by atoms with van der Waals surface area (Å²) in [6.45, 7) is 3.63. The molecule has 0 saturated carbocycles. The van der Waals surface area contributed by atoms with E-state index in [-0.39, 0.29) is 22.8 Å². The Morgan fingerprint density at radius 3 is 2.32 bits per heavy atom. The van der Waals surface area contributed by atoms with Crippen LogP contribution < -0.4 is 10.9 Å². The van der Waals surface area contributed by atoms with Crippen molar-refractivity contribution in [3.05, 3.63) is 81.8 Å². The Hall–Kier alpha value is -3.22. The number of hydrogen-bond acceptors (Lipinski definition) is 2. The Bertz CT molecular complexity index is 1070. The first kappa shape index (κ1) is 19.5. The molecular formula is C21H21F2N3O2. The van der Waals surface area contributed by atoms with Crippen molar-refractivity contribution in [2.45, 2.75) is 25.9 Å². The number of nitrogens with zero attached hydrogens (tertiary/aromatic N) is 1. The van der Waals surface area contributed by atoms with Gasteiger partial charge in [-0.15, -0.1) is 0 Å². The van der Waals surface area contributed by atoms with Crippen LogP contribution in [-0.2, 0) is 0 Å². The second-order valence-electron chi connectivity index (χ2n) is 6.75. The minimum atomic E-state index is -1.09. The van der Waals surface area contributed by atoms with E-state index < -0.39 is 23.2 Å². The predicted octanol–water partition coefficient (Wildman–Crippen LogP) is 4.27. The quantitative estimate of drug-likeness (QED) is 0.704. The first-order valence-corrected chi connectivity index (χ1v) is 8.88. The van der Waals surface area contributed by atoms with Gasteiger partial charge >= 0.3 is 6.03 Å². The fraction of sp³-hybridized carbons (Fsp3) is 0.238. The van der Waals surface area contributed by atoms with Gasteiger partial charge in [0.2, 0.25) is 0 Å². The SMILES string of the molecule is C[C@H](c1c[nH]c(=O)c2cc(F)c(F)cc12)N(C)C(=O)N[C@H](C)c1ccccc1. The van der Waals surface area contributed by atoms with Gasteiger partial charge in [0.15, 0.2) is 11.6 Å². The number of urea groups is 1. The highest BCUT2D eigenvalue weighted by Crippen LogP contribution is 2.27. The van der Waals surface area contributed by atoms with Crippen molar-refractivity contribution in [2.75, 3.05) is 7.05 Å². The highest BCUT2D eigenvalue weighted by Gasteiger charge is 2.22. The van der Waals surface area contributed by atoms with E-state index in [1.54, 1.807) is 14.0 Å². The van der Waals surface area contributed by atoms with E-state index in [2.05, 4.69) is 10.3 Å². The fourth-order valence-electron chi connectivity index (χ4n) is 3.11. The molecule has 2 aromatic carbocycles. The number of amides is 2. The summed E-state index contributed by atoms with van der Waals surface area (Å²) >= 11 is 0. The normalized spacial score (nSPS) is 13.2. The van der Waals surface area contributed by atoms with E-state index in [4.69, 9.17) is 0 Å². The van der Waals surface area contributed by atoms with Crippen LogP contribution in [0.15, 0.2) is 53.5 Å². The molecule has 146 valence electrons. The summed E-state index contributed by atoms with van der Waals surface area (Å²) < 4.78 is 27.3. The molecule has 3 rings (SSSR count). The van der Waals surface area contributed by atoms with Crippen molar-refractivity contribution in [3.63, 3.8) is 0 Å². The van der Waals surface area contributed by atoms with Gasteiger partial charge in [-0.3, -0.25) is 4.79 Å². The van der Waals surface area contributed by atoms with Gasteiger partial charge in [0, 0.05) is 13.2 Å². The molecular weight excluding hydrogens is 364 g/mol. The lowest BCUT2D eigenvalue weighted by molar-refractivity contribution is 0.191. The third-order valence-corrected chi connectivity index (χ3v) is 4.97. The molecule has 2 N–H and O–H groups in total. The smallest absolute Gasteiger partial charge is 0.318 e. The summed E-state index contributed by atoms with van der Waals surface area (Å²) in [5.74, 6) is -2.14. The van der Waals surface area contributed by atoms with Crippen LogP contribution in [0.3, 0.4) is 0 Å². The largest absolute Gasteiger partial charge is 0.331 e. The van der Waals surface area contributed by atoms with Gasteiger partial charge in [-0.1, -0.05) is 30.3 Å². The summed E-state index contributed by atoms with van der Waals surface area (Å²) in [4.78, 5) is 28.6. The second kappa shape index (κ2) is 7.80. The maximum atomic E-state index is 13.8. The van der Waals surface area contributed by atoms with Crippen LogP contribution in [0, 0.1) is 11.6 Å². The minimum absolute atomic E-state index is 0.0368. The van der Waals surface area contributed by atoms with E-state index >= 15 is 0 Å². The minimum Gasteiger partial charge on any atom is -0.331 e. The molecule has 3 aromatic rings. The lowest BCUT2D eigenvalue weighted by Crippen LogP contribution is -2.40. The molecule has 0 saturated heterocycles. The third kappa shape index (κ3) is 3.74. The summed E-state index contributed by atoms with van der Waals surface area (Å²) in [6, 6.07) is 10.4. The summed E-state index contributed by atoms with van der Waals surface area (Å²) in [6.07, 6.45) is 1.43. The Labute approximate surface area is 161 Å². The molecule has 1 aromatic heterocycles. The van der Waals surface area contributed by atoms with Crippen molar-refractivity contribution in [1.29, 1.82) is 0 Å². The van der Waals surface area contributed by atoms with E-state index in [0.29, 0.717) is 5.56 Å². The maximum Gasteiger partial charge on any atom is 0.318 e. The van der Waals surface area contributed by atoms with Crippen molar-refractivity contribution in [1.82, 2.24) is 15.2 Å². The molecule has 7 heteroatoms. The Morgan fingerprint density at radius 2 is 1.68 bits per heavy atom. The molecule has 0 unspecified atom stereocenters. The maximum absolute atomic E-state index is 13.8. The van der Waals surface area contributed by atoms with Gasteiger partial charge in [-0.05, 0) is 42.5 Å². The van der Waals surface area contributed by atoms with Crippen LogP contribution in [-0.4, -0.2) is 23.0 Å². The molecule has 28 heavy (non-hydrogen) atoms. The molecule has 0 bridgehead atoms. The van der Waals surface area contributed by atoms with Crippen LogP contribution >= 0.6 is 0 Å². The predicted molar refractivity (Wildman–Crippen MR) is 104 cm³/mol. The van der Waals surface area contributed by atoms with E-state index in [1.807, 2.05) is 37.3 Å². The van der Waals surface area contributed by atoms with Gasteiger partial charge in [0.1, 0.15) is 0 Å². The number of hydrogen-bond donors (Lipinski definition) is 2. The molecule has 1 heterocycles. The summed E-state index contributed by atoms with van der Waals surface area (Å²) in [5.41, 5.74) is 0.956. The van der Waals surface area contributed by atoms with Gasteiger partial charge in [0.05, 0.1) is 17.5 Å². The molecule has 2 amide bonds. The fourth-order valence-corrected chi connectivity index (χ4v) is 3.11. The van der Waals surface area contributed by atoms with Gasteiger partial charge in [-0.25, -0.2) is 13.6 Å². The van der Waals surface area contributed by atoms with Crippen molar-refractivity contribution in [3.8, 4) is 0 Å². The zero-order valence-electron chi connectivity index (χ0n) is 15.8. The van der Waals surface area contributed by atoms with Gasteiger partial charge < -0.3 is 15.2 Å². The van der Waals surface area contributed by atoms with Crippen LogP contribution in [0.2, 0.25) is 0 Å². The van der Waals surface area contributed by atoms with E-state index in [1.165, 1.54) is 11.1 Å². The van der Waals surface area contributed by atoms with E-state index in [9.17, 15) is 18.4 Å². The number of rotatable bonds is 4. The number of aromatic amines is 1. The van der Waals surface area contributed by atoms with Crippen LogP contribution in [0.5, 0.6) is 0 Å². The third-order valence-electron chi connectivity index (χ3n) is 4.97. The molecule has 0 aliphatic carbocycles. The lowest BCUT2D eigenvalue weighted by Gasteiger charge is -2.28. The van der Waals surface area contributed by atoms with Crippen molar-refractivity contribution < 1.29 is 13.6 Å². The Balaban J connectivity index is 1.88. The average Bonchev–Trinajstić information content (AvgIpc) is 2.69. The highest BCUT2D eigenvalue weighted by atomic mass is 19.2. The highest BCUT2D eigenvalue weighted by molar-refractivity contribution is 5.86. The van der Waals surface area contributed by atoms with Crippen LogP contribution in [0.1, 0.15) is 37.1 Å². The molecule has 0 radical (unpaired) electrons. The molecule has 2 atom stereocenters. The topological polar surface area (TPSA) is 65.2 Å². The number of halogens is 2. The number of carbonyl (C=O) groups excluding carboxylic acids is 1. The molecule has 0 fully saturated rings. The molecule has 0 aliphatic heterocycles. The second-order valence-corrected chi connectivity index (χ2v) is 6.75. The number of pyridine rings is 1. The summed E-state index contributed by atoms with van der Waals surface area (Å²) in [7, 11) is 1.61. The monoisotopic (exact) mass is 385 g/mol. The van der Waals surface area contributed by atoms with Crippen LogP contribution in [0.25, 0.3) is 10.8 Å². The van der Waals surface area contributed by atoms with Crippen LogP contribution in [0.4, 0.5) is 13.6 Å². The number of H-pyrrole nitrogens is 1. The van der Waals surface area contributed by atoms with Crippen molar-refractivity contribution >= 4 is 16.8 Å². The first-order chi connectivity index (χ1) is 13.3. The van der Waals surface area contributed by atoms with Crippen molar-refractivity contribution in [2.24, 2.45) is 0 Å². The molecule has 0 aliphatic rings. The summed E-state index contributed by atoms with van der Waals surface area (Å²) in [5, 5.41) is 3.21. The van der Waals surface area contributed by atoms with Gasteiger partial charge in [-0.2, -0.15) is 0 Å². The first-order valence-electron chi connectivity index (χ1n) is 8.88. The number of nitrogens with one attached hydrogen (secondary N) is 2. The number of fused-ring (bicyclic) bond motifs is 1. The number of carbonyl (C=O) groups is 1. The lowest BCUT2D eigenvalue weighted by atomic mass is 10.0. The zero-order valence-corrected chi connectivity index (χ0v) is 15.8. The zero-order chi connectivity index (χ0) is 20.4. The molecule has 0 spiro atoms. The average molecular weight is 385 g/mol. The molecule has 5 nitrogen and oxygen atoms in total. The standard InChI is InChI=1S/C21H21F2N3O2/c1-12(14-7-5-4-6-8-14)25-21(28)26(3)13(2)17-11-24-20(27)16-10-19(23)18(22)9-15(16)17/h4-13H,1-3H3,(H,24,27)(H,25,28)/t12-,13-/m1/s1. The van der Waals surface area contributed by atoms with E-state index in [0.717, 1.165) is 17.7 Å². The van der Waals surface area contributed by atoms with Gasteiger partial charge in [0.25, 0.3) is 5.56 Å². The Kier molecular flexibility index (Phi) is 5.44. The number of aromatic nitrogens is 1. The Morgan fingerprint density at radius 1 is 1.07 bits per heavy atom.